The van der Waals surface area contributed by atoms with Crippen LogP contribution < -0.4 is 5.73 Å². The first-order chi connectivity index (χ1) is 8.86. The van der Waals surface area contributed by atoms with Gasteiger partial charge in [0.1, 0.15) is 0 Å². The molecule has 1 aliphatic rings. The van der Waals surface area contributed by atoms with E-state index in [-0.39, 0.29) is 25.7 Å². The van der Waals surface area contributed by atoms with E-state index >= 15 is 0 Å². The fourth-order valence-corrected chi connectivity index (χ4v) is 2.24. The summed E-state index contributed by atoms with van der Waals surface area (Å²) in [6, 6.07) is 3.16. The Kier molecular flexibility index (Phi) is 3.54. The van der Waals surface area contributed by atoms with Gasteiger partial charge >= 0.3 is 5.97 Å². The zero-order valence-electron chi connectivity index (χ0n) is 10.7. The molecule has 2 N–H and O–H groups in total. The Morgan fingerprint density at radius 2 is 1.95 bits per heavy atom. The highest BCUT2D eigenvalue weighted by atomic mass is 19.3. The average Bonchev–Trinajstić information content (AvgIpc) is 2.42. The first kappa shape index (κ1) is 13.9. The van der Waals surface area contributed by atoms with Crippen LogP contribution in [0.25, 0.3) is 0 Å². The molecule has 0 spiro atoms. The van der Waals surface area contributed by atoms with Gasteiger partial charge in [-0.05, 0) is 25.0 Å². The van der Waals surface area contributed by atoms with E-state index in [0.717, 1.165) is 0 Å². The summed E-state index contributed by atoms with van der Waals surface area (Å²) in [7, 11) is 1.28. The van der Waals surface area contributed by atoms with Gasteiger partial charge in [-0.15, -0.1) is 0 Å². The van der Waals surface area contributed by atoms with Crippen molar-refractivity contribution in [2.75, 3.05) is 7.11 Å². The molecule has 4 nitrogen and oxygen atoms in total. The first-order valence-corrected chi connectivity index (χ1v) is 6.08. The Bertz CT molecular complexity index is 464. The number of hydrogen-bond donors (Lipinski definition) is 1. The van der Waals surface area contributed by atoms with E-state index in [1.165, 1.54) is 13.3 Å². The summed E-state index contributed by atoms with van der Waals surface area (Å²) < 4.78 is 30.8. The zero-order valence-corrected chi connectivity index (χ0v) is 10.7. The van der Waals surface area contributed by atoms with Crippen LogP contribution in [-0.2, 0) is 10.3 Å². The number of esters is 1. The molecule has 0 radical (unpaired) electrons. The second-order valence-corrected chi connectivity index (χ2v) is 4.94. The average molecular weight is 270 g/mol. The van der Waals surface area contributed by atoms with Crippen molar-refractivity contribution in [3.05, 3.63) is 29.6 Å². The summed E-state index contributed by atoms with van der Waals surface area (Å²) in [6.07, 6.45) is 1.27. The van der Waals surface area contributed by atoms with Crippen molar-refractivity contribution in [1.29, 1.82) is 0 Å². The van der Waals surface area contributed by atoms with Gasteiger partial charge in [-0.25, -0.2) is 13.6 Å². The maximum absolute atomic E-state index is 13.1. The highest BCUT2D eigenvalue weighted by Gasteiger charge is 2.42. The highest BCUT2D eigenvalue weighted by Crippen LogP contribution is 2.41. The minimum atomic E-state index is -2.63. The Labute approximate surface area is 110 Å². The fraction of sp³-hybridized carbons (Fsp3) is 0.538. The highest BCUT2D eigenvalue weighted by molar-refractivity contribution is 5.88. The molecule has 0 amide bonds. The van der Waals surface area contributed by atoms with E-state index in [1.54, 1.807) is 12.1 Å². The molecule has 0 bridgehead atoms. The number of aromatic nitrogens is 1. The molecule has 1 aromatic heterocycles. The van der Waals surface area contributed by atoms with Crippen LogP contribution in [0, 0.1) is 0 Å². The number of hydrogen-bond acceptors (Lipinski definition) is 4. The minimum absolute atomic E-state index is 0.185. The van der Waals surface area contributed by atoms with Gasteiger partial charge in [0, 0.05) is 19.0 Å². The smallest absolute Gasteiger partial charge is 0.339 e. The summed E-state index contributed by atoms with van der Waals surface area (Å²) in [5.74, 6) is -3.12. The van der Waals surface area contributed by atoms with E-state index in [0.29, 0.717) is 11.3 Å². The van der Waals surface area contributed by atoms with Gasteiger partial charge < -0.3 is 10.5 Å². The van der Waals surface area contributed by atoms with Crippen LogP contribution in [0.15, 0.2) is 18.3 Å². The predicted octanol–water partition coefficient (Wildman–Crippen LogP) is 2.23. The molecular weight excluding hydrogens is 254 g/mol. The van der Waals surface area contributed by atoms with Crippen LogP contribution in [0.4, 0.5) is 8.78 Å². The summed E-state index contributed by atoms with van der Waals surface area (Å²) in [4.78, 5) is 15.4. The Morgan fingerprint density at radius 1 is 1.32 bits per heavy atom. The van der Waals surface area contributed by atoms with E-state index in [4.69, 9.17) is 5.73 Å². The number of nitrogens with two attached hydrogens (primary N) is 1. The maximum Gasteiger partial charge on any atom is 0.339 e. The standard InChI is InChI=1S/C13H16F2N2O2/c1-19-11(18)9-2-3-10(17-8-9)12(16)4-6-13(14,15)7-5-12/h2-3,8H,4-7,16H2,1H3. The molecule has 1 fully saturated rings. The molecule has 104 valence electrons. The van der Waals surface area contributed by atoms with Gasteiger partial charge in [-0.3, -0.25) is 4.98 Å². The maximum atomic E-state index is 13.1. The minimum Gasteiger partial charge on any atom is -0.465 e. The second kappa shape index (κ2) is 4.85. The van der Waals surface area contributed by atoms with Crippen molar-refractivity contribution in [2.45, 2.75) is 37.1 Å². The molecule has 2 rings (SSSR count). The third-order valence-corrected chi connectivity index (χ3v) is 3.57. The van der Waals surface area contributed by atoms with Gasteiger partial charge in [-0.2, -0.15) is 0 Å². The molecule has 0 atom stereocenters. The van der Waals surface area contributed by atoms with Crippen LogP contribution in [-0.4, -0.2) is 24.0 Å². The van der Waals surface area contributed by atoms with Gasteiger partial charge in [0.15, 0.2) is 0 Å². The third-order valence-electron chi connectivity index (χ3n) is 3.57. The molecule has 1 saturated carbocycles. The number of pyridine rings is 1. The number of carbonyl (C=O) groups is 1. The Hall–Kier alpha value is -1.56. The lowest BCUT2D eigenvalue weighted by atomic mass is 9.78. The van der Waals surface area contributed by atoms with Crippen LogP contribution in [0.3, 0.4) is 0 Å². The predicted molar refractivity (Wildman–Crippen MR) is 64.9 cm³/mol. The zero-order chi connectivity index (χ0) is 14.1. The van der Waals surface area contributed by atoms with E-state index < -0.39 is 17.4 Å². The lowest BCUT2D eigenvalue weighted by molar-refractivity contribution is -0.0519. The van der Waals surface area contributed by atoms with Crippen molar-refractivity contribution in [1.82, 2.24) is 4.98 Å². The number of carbonyl (C=O) groups excluding carboxylic acids is 1. The largest absolute Gasteiger partial charge is 0.465 e. The molecule has 0 saturated heterocycles. The molecular formula is C13H16F2N2O2. The van der Waals surface area contributed by atoms with Gasteiger partial charge in [0.2, 0.25) is 5.92 Å². The number of nitrogens with zero attached hydrogens (tertiary/aromatic N) is 1. The van der Waals surface area contributed by atoms with Crippen LogP contribution in [0.5, 0.6) is 0 Å². The fourth-order valence-electron chi connectivity index (χ4n) is 2.24. The van der Waals surface area contributed by atoms with Gasteiger partial charge in [0.05, 0.1) is 23.9 Å². The summed E-state index contributed by atoms with van der Waals surface area (Å²) >= 11 is 0. The number of halogens is 2. The number of rotatable bonds is 2. The lowest BCUT2D eigenvalue weighted by Gasteiger charge is -2.36. The van der Waals surface area contributed by atoms with Crippen molar-refractivity contribution >= 4 is 5.97 Å². The van der Waals surface area contributed by atoms with Crippen LogP contribution in [0.2, 0.25) is 0 Å². The molecule has 0 aromatic carbocycles. The van der Waals surface area contributed by atoms with Crippen molar-refractivity contribution in [2.24, 2.45) is 5.73 Å². The Morgan fingerprint density at radius 3 is 2.42 bits per heavy atom. The van der Waals surface area contributed by atoms with E-state index in [9.17, 15) is 13.6 Å². The quantitative estimate of drug-likeness (QED) is 0.837. The SMILES string of the molecule is COC(=O)c1ccc(C2(N)CCC(F)(F)CC2)nc1. The molecule has 1 heterocycles. The normalized spacial score (nSPS) is 20.8. The Balaban J connectivity index is 2.16. The molecule has 0 unspecified atom stereocenters. The van der Waals surface area contributed by atoms with E-state index in [2.05, 4.69) is 9.72 Å². The lowest BCUT2D eigenvalue weighted by Crippen LogP contribution is -2.44. The van der Waals surface area contributed by atoms with Crippen molar-refractivity contribution < 1.29 is 18.3 Å². The van der Waals surface area contributed by atoms with Crippen LogP contribution in [0.1, 0.15) is 41.7 Å². The molecule has 0 aliphatic heterocycles. The van der Waals surface area contributed by atoms with Crippen molar-refractivity contribution in [3.8, 4) is 0 Å². The number of methoxy groups -OCH3 is 1. The van der Waals surface area contributed by atoms with Crippen LogP contribution >= 0.6 is 0 Å². The number of ether oxygens (including phenoxy) is 1. The van der Waals surface area contributed by atoms with E-state index in [1.807, 2.05) is 0 Å². The summed E-state index contributed by atoms with van der Waals surface area (Å²) in [5.41, 5.74) is 6.16. The molecule has 1 aliphatic carbocycles. The van der Waals surface area contributed by atoms with Crippen molar-refractivity contribution in [3.63, 3.8) is 0 Å². The molecule has 6 heteroatoms. The monoisotopic (exact) mass is 270 g/mol. The van der Waals surface area contributed by atoms with Gasteiger partial charge in [0.25, 0.3) is 0 Å². The second-order valence-electron chi connectivity index (χ2n) is 4.94. The van der Waals surface area contributed by atoms with Gasteiger partial charge in [-0.1, -0.05) is 0 Å². The summed E-state index contributed by atoms with van der Waals surface area (Å²) in [6.45, 7) is 0. The molecule has 1 aromatic rings. The third kappa shape index (κ3) is 2.89. The topological polar surface area (TPSA) is 65.2 Å². The number of alkyl halides is 2. The summed E-state index contributed by atoms with van der Waals surface area (Å²) in [5, 5.41) is 0. The first-order valence-electron chi connectivity index (χ1n) is 6.08. The molecule has 19 heavy (non-hydrogen) atoms.